The Morgan fingerprint density at radius 3 is 2.60 bits per heavy atom. The average molecular weight is 645 g/mol. The summed E-state index contributed by atoms with van der Waals surface area (Å²) >= 11 is 0. The average Bonchev–Trinajstić information content (AvgIpc) is 3.43. The van der Waals surface area contributed by atoms with Gasteiger partial charge in [-0.05, 0) is 29.8 Å². The lowest BCUT2D eigenvalue weighted by molar-refractivity contribution is -0.137. The number of rotatable bonds is 2. The first-order chi connectivity index (χ1) is 21.2. The number of carbonyl (C=O) groups excluding carboxylic acids is 1. The van der Waals surface area contributed by atoms with Crippen LogP contribution >= 0.6 is 7.37 Å². The highest BCUT2D eigenvalue weighted by Crippen LogP contribution is 2.48. The largest absolute Gasteiger partial charge is 0.495 e. The first kappa shape index (κ1) is 31.9. The number of halogens is 3. The molecule has 0 saturated heterocycles. The number of ether oxygens (including phenoxy) is 1. The third-order valence-electron chi connectivity index (χ3n) is 6.91. The molecule has 8 bridgehead atoms. The lowest BCUT2D eigenvalue weighted by Gasteiger charge is -2.26. The first-order valence-corrected chi connectivity index (χ1v) is 16.0. The van der Waals surface area contributed by atoms with E-state index in [0.717, 1.165) is 0 Å². The molecule has 4 aliphatic heterocycles. The maximum atomic E-state index is 14.0. The molecule has 0 saturated carbocycles. The highest BCUT2D eigenvalue weighted by atomic mass is 31.2. The number of nitrogens with one attached hydrogen (secondary N) is 3. The van der Waals surface area contributed by atoms with Crippen LogP contribution in [0.4, 0.5) is 36.3 Å². The molecule has 1 aromatic carbocycles. The smallest absolute Gasteiger partial charge is 0.421 e. The van der Waals surface area contributed by atoms with Gasteiger partial charge in [0.1, 0.15) is 17.1 Å². The van der Waals surface area contributed by atoms with Gasteiger partial charge in [0.15, 0.2) is 5.69 Å². The van der Waals surface area contributed by atoms with Crippen LogP contribution in [0.5, 0.6) is 5.75 Å². The SMILES string of the molecule is CNC(=O)c1nc2ccc1Nc1nc(ncc1C(F)(F)F)Nc1ccc(cc1OC)C[P@](C)(=O)OCC(C)(C)Cn1cc-2cn1. The number of benzene rings is 1. The lowest BCUT2D eigenvalue weighted by Crippen LogP contribution is -2.25. The zero-order valence-corrected chi connectivity index (χ0v) is 26.1. The molecule has 45 heavy (non-hydrogen) atoms. The van der Waals surface area contributed by atoms with E-state index in [1.165, 1.54) is 20.2 Å². The van der Waals surface area contributed by atoms with Crippen molar-refractivity contribution in [3.63, 3.8) is 0 Å². The standard InChI is InChI=1S/C29H32F3N8O4P/c1-28(2)15-40-13-18(11-35-40)20-8-9-22(24(36-20)26(41)33-3)37-25-19(29(30,31)32)12-34-27(39-25)38-21-7-6-17(10-23(21)43-4)14-45(5,42)44-16-28/h6-13H,14-16H2,1-5H3,(H,33,41)(H2,34,37,38,39)/t45-/m1/s1. The lowest BCUT2D eigenvalue weighted by atomic mass is 9.95. The molecule has 8 rings (SSSR count). The van der Waals surface area contributed by atoms with Gasteiger partial charge in [0.25, 0.3) is 5.91 Å². The summed E-state index contributed by atoms with van der Waals surface area (Å²) in [7, 11) is -0.287. The molecule has 1 atom stereocenters. The van der Waals surface area contributed by atoms with E-state index in [1.807, 2.05) is 13.8 Å². The predicted molar refractivity (Wildman–Crippen MR) is 162 cm³/mol. The van der Waals surface area contributed by atoms with Gasteiger partial charge in [0.05, 0.1) is 37.0 Å². The molecule has 4 aliphatic rings. The molecule has 1 amide bonds. The van der Waals surface area contributed by atoms with E-state index in [-0.39, 0.29) is 30.1 Å². The Hall–Kier alpha value is -4.49. The van der Waals surface area contributed by atoms with Gasteiger partial charge in [-0.1, -0.05) is 19.9 Å². The number of carbonyl (C=O) groups is 1. The maximum absolute atomic E-state index is 14.0. The number of methoxy groups -OCH3 is 1. The van der Waals surface area contributed by atoms with E-state index < -0.39 is 36.2 Å². The second-order valence-corrected chi connectivity index (χ2v) is 14.0. The van der Waals surface area contributed by atoms with Crippen LogP contribution in [0.3, 0.4) is 0 Å². The van der Waals surface area contributed by atoms with Crippen molar-refractivity contribution in [1.29, 1.82) is 0 Å². The number of hydrogen-bond acceptors (Lipinski definition) is 10. The first-order valence-electron chi connectivity index (χ1n) is 13.8. The highest BCUT2D eigenvalue weighted by Gasteiger charge is 2.36. The van der Waals surface area contributed by atoms with Gasteiger partial charge in [0, 0.05) is 49.8 Å². The molecular formula is C29H32F3N8O4P. The number of anilines is 4. The summed E-state index contributed by atoms with van der Waals surface area (Å²) in [5.41, 5.74) is 0.200. The van der Waals surface area contributed by atoms with Gasteiger partial charge >= 0.3 is 6.18 Å². The summed E-state index contributed by atoms with van der Waals surface area (Å²) in [6.45, 7) is 6.10. The summed E-state index contributed by atoms with van der Waals surface area (Å²) in [5, 5.41) is 12.4. The van der Waals surface area contributed by atoms with Crippen LogP contribution in [0.1, 0.15) is 35.5 Å². The van der Waals surface area contributed by atoms with Crippen LogP contribution in [0.2, 0.25) is 0 Å². The van der Waals surface area contributed by atoms with Crippen molar-refractivity contribution in [1.82, 2.24) is 30.0 Å². The van der Waals surface area contributed by atoms with Crippen LogP contribution in [0.25, 0.3) is 11.3 Å². The van der Waals surface area contributed by atoms with E-state index >= 15 is 0 Å². The number of nitrogens with zero attached hydrogens (tertiary/aromatic N) is 5. The van der Waals surface area contributed by atoms with Crippen molar-refractivity contribution in [3.05, 3.63) is 65.7 Å². The monoisotopic (exact) mass is 644 g/mol. The van der Waals surface area contributed by atoms with E-state index in [1.54, 1.807) is 48.0 Å². The van der Waals surface area contributed by atoms with E-state index in [9.17, 15) is 22.5 Å². The van der Waals surface area contributed by atoms with Crippen LogP contribution in [0.15, 0.2) is 48.9 Å². The number of alkyl halides is 3. The zero-order valence-electron chi connectivity index (χ0n) is 25.2. The second kappa shape index (κ2) is 12.1. The van der Waals surface area contributed by atoms with Crippen LogP contribution in [0, 0.1) is 5.41 Å². The molecule has 0 radical (unpaired) electrons. The van der Waals surface area contributed by atoms with E-state index in [4.69, 9.17) is 9.26 Å². The Morgan fingerprint density at radius 2 is 1.89 bits per heavy atom. The molecule has 7 heterocycles. The summed E-state index contributed by atoms with van der Waals surface area (Å²) in [6, 6.07) is 8.00. The Labute approximate surface area is 257 Å². The van der Waals surface area contributed by atoms with Crippen molar-refractivity contribution in [2.24, 2.45) is 5.41 Å². The van der Waals surface area contributed by atoms with Gasteiger partial charge in [-0.2, -0.15) is 23.3 Å². The molecule has 4 aromatic rings. The van der Waals surface area contributed by atoms with Gasteiger partial charge in [0.2, 0.25) is 13.3 Å². The zero-order chi connectivity index (χ0) is 32.6. The summed E-state index contributed by atoms with van der Waals surface area (Å²) in [6.07, 6.45) is -0.740. The number of amides is 1. The van der Waals surface area contributed by atoms with Crippen molar-refractivity contribution >= 4 is 36.4 Å². The Bertz CT molecular complexity index is 1790. The number of hydrogen-bond donors (Lipinski definition) is 3. The molecule has 0 fully saturated rings. The van der Waals surface area contributed by atoms with Crippen molar-refractivity contribution in [2.45, 2.75) is 32.7 Å². The predicted octanol–water partition coefficient (Wildman–Crippen LogP) is 6.07. The van der Waals surface area contributed by atoms with Crippen LogP contribution in [-0.2, 0) is 28.0 Å². The van der Waals surface area contributed by atoms with Crippen LogP contribution in [-0.4, -0.2) is 58.1 Å². The van der Waals surface area contributed by atoms with Crippen molar-refractivity contribution in [2.75, 3.05) is 38.1 Å². The fourth-order valence-corrected chi connectivity index (χ4v) is 6.27. The van der Waals surface area contributed by atoms with Crippen LogP contribution < -0.4 is 20.7 Å². The molecule has 12 nitrogen and oxygen atoms in total. The number of aromatic nitrogens is 5. The van der Waals surface area contributed by atoms with E-state index in [0.29, 0.717) is 41.0 Å². The maximum Gasteiger partial charge on any atom is 0.421 e. The van der Waals surface area contributed by atoms with Gasteiger partial charge in [-0.25, -0.2) is 9.97 Å². The third kappa shape index (κ3) is 7.43. The molecule has 3 N–H and O–H groups in total. The molecule has 0 unspecified atom stereocenters. The van der Waals surface area contributed by atoms with Gasteiger partial charge in [-0.3, -0.25) is 14.0 Å². The van der Waals surface area contributed by atoms with Gasteiger partial charge < -0.3 is 25.2 Å². The quantitative estimate of drug-likeness (QED) is 0.220. The number of pyridine rings is 1. The minimum Gasteiger partial charge on any atom is -0.495 e. The molecule has 0 aliphatic carbocycles. The summed E-state index contributed by atoms with van der Waals surface area (Å²) in [4.78, 5) is 25.3. The van der Waals surface area contributed by atoms with Gasteiger partial charge in [-0.15, -0.1) is 0 Å². The Kier molecular flexibility index (Phi) is 8.60. The minimum absolute atomic E-state index is 0.00741. The molecule has 238 valence electrons. The molecule has 16 heteroatoms. The van der Waals surface area contributed by atoms with E-state index in [2.05, 4.69) is 36.0 Å². The highest BCUT2D eigenvalue weighted by molar-refractivity contribution is 7.57. The normalized spacial score (nSPS) is 18.2. The third-order valence-corrected chi connectivity index (χ3v) is 8.53. The minimum atomic E-state index is -4.82. The summed E-state index contributed by atoms with van der Waals surface area (Å²) < 4.78 is 68.7. The molecular weight excluding hydrogens is 612 g/mol. The topological polar surface area (TPSA) is 145 Å². The van der Waals surface area contributed by atoms with Crippen molar-refractivity contribution in [3.8, 4) is 17.0 Å². The van der Waals surface area contributed by atoms with Crippen molar-refractivity contribution < 1.29 is 31.8 Å². The fourth-order valence-electron chi connectivity index (χ4n) is 4.70. The molecule has 0 spiro atoms. The Morgan fingerprint density at radius 1 is 1.13 bits per heavy atom. The Balaban J connectivity index is 1.65. The molecule has 3 aromatic heterocycles. The second-order valence-electron chi connectivity index (χ2n) is 11.4. The summed E-state index contributed by atoms with van der Waals surface area (Å²) in [5.74, 6) is -1.08. The fraction of sp³-hybridized carbons (Fsp3) is 0.345.